The molecular formula is C20H28N4O2S. The van der Waals surface area contributed by atoms with E-state index in [0.29, 0.717) is 12.2 Å². The van der Waals surface area contributed by atoms with Crippen molar-refractivity contribution in [3.05, 3.63) is 34.6 Å². The van der Waals surface area contributed by atoms with Crippen LogP contribution in [-0.2, 0) is 11.3 Å². The number of piperidine rings is 1. The normalized spacial score (nSPS) is 18.6. The Hall–Kier alpha value is -1.86. The standard InChI is InChI=1S/C20H28N4O2S/c1-15-11-18(19(25)21-16-5-9-26-10-6-16)24(12-15)13-17-14-27-20(22-17)23-7-3-2-4-8-23/h11-12,14,16H,2-10,13H2,1H3,(H,21,25). The zero-order chi connectivity index (χ0) is 18.6. The summed E-state index contributed by atoms with van der Waals surface area (Å²) in [6, 6.07) is 2.17. The van der Waals surface area contributed by atoms with Crippen molar-refractivity contribution < 1.29 is 9.53 Å². The second-order valence-corrected chi connectivity index (χ2v) is 8.40. The number of hydrogen-bond donors (Lipinski definition) is 1. The molecule has 146 valence electrons. The summed E-state index contributed by atoms with van der Waals surface area (Å²) in [5.74, 6) is 0.00137. The van der Waals surface area contributed by atoms with Crippen molar-refractivity contribution in [2.75, 3.05) is 31.2 Å². The molecule has 2 saturated heterocycles. The number of amides is 1. The molecule has 7 heteroatoms. The molecule has 0 spiro atoms. The highest BCUT2D eigenvalue weighted by molar-refractivity contribution is 7.13. The first-order valence-corrected chi connectivity index (χ1v) is 10.8. The van der Waals surface area contributed by atoms with Gasteiger partial charge in [-0.05, 0) is 50.7 Å². The quantitative estimate of drug-likeness (QED) is 0.855. The third kappa shape index (κ3) is 4.52. The number of thiazole rings is 1. The van der Waals surface area contributed by atoms with Crippen LogP contribution in [0, 0.1) is 6.92 Å². The summed E-state index contributed by atoms with van der Waals surface area (Å²) >= 11 is 1.71. The Bertz CT molecular complexity index is 773. The molecule has 4 rings (SSSR count). The summed E-state index contributed by atoms with van der Waals surface area (Å²) in [5.41, 5.74) is 2.83. The Balaban J connectivity index is 1.44. The van der Waals surface area contributed by atoms with Crippen molar-refractivity contribution in [2.24, 2.45) is 0 Å². The van der Waals surface area contributed by atoms with Gasteiger partial charge in [0.1, 0.15) is 5.69 Å². The molecule has 1 N–H and O–H groups in total. The van der Waals surface area contributed by atoms with E-state index in [9.17, 15) is 4.79 Å². The van der Waals surface area contributed by atoms with Gasteiger partial charge in [-0.3, -0.25) is 4.79 Å². The fourth-order valence-electron chi connectivity index (χ4n) is 3.85. The number of carbonyl (C=O) groups is 1. The van der Waals surface area contributed by atoms with E-state index < -0.39 is 0 Å². The average Bonchev–Trinajstić information content (AvgIpc) is 3.30. The van der Waals surface area contributed by atoms with Gasteiger partial charge in [0.2, 0.25) is 0 Å². The summed E-state index contributed by atoms with van der Waals surface area (Å²) in [6.45, 7) is 6.32. The van der Waals surface area contributed by atoms with Crippen LogP contribution >= 0.6 is 11.3 Å². The van der Waals surface area contributed by atoms with Crippen molar-refractivity contribution in [1.29, 1.82) is 0 Å². The molecule has 0 saturated carbocycles. The van der Waals surface area contributed by atoms with Crippen molar-refractivity contribution in [1.82, 2.24) is 14.9 Å². The van der Waals surface area contributed by atoms with Crippen LogP contribution in [0.15, 0.2) is 17.6 Å². The summed E-state index contributed by atoms with van der Waals surface area (Å²) in [6.07, 6.45) is 7.64. The SMILES string of the molecule is Cc1cc(C(=O)NC2CCOCC2)n(Cc2csc(N3CCCCC3)n2)c1. The lowest BCUT2D eigenvalue weighted by Crippen LogP contribution is -2.39. The van der Waals surface area contributed by atoms with Gasteiger partial charge in [-0.1, -0.05) is 0 Å². The minimum Gasteiger partial charge on any atom is -0.381 e. The van der Waals surface area contributed by atoms with Gasteiger partial charge in [-0.2, -0.15) is 0 Å². The highest BCUT2D eigenvalue weighted by Gasteiger charge is 2.20. The molecule has 0 bridgehead atoms. The maximum Gasteiger partial charge on any atom is 0.268 e. The van der Waals surface area contributed by atoms with E-state index in [-0.39, 0.29) is 11.9 Å². The monoisotopic (exact) mass is 388 g/mol. The van der Waals surface area contributed by atoms with Crippen LogP contribution in [0.25, 0.3) is 0 Å². The van der Waals surface area contributed by atoms with Gasteiger partial charge in [0, 0.05) is 43.9 Å². The predicted molar refractivity (Wildman–Crippen MR) is 108 cm³/mol. The summed E-state index contributed by atoms with van der Waals surface area (Å²) in [5, 5.41) is 6.40. The first kappa shape index (κ1) is 18.5. The number of carbonyl (C=O) groups excluding carboxylic acids is 1. The van der Waals surface area contributed by atoms with E-state index >= 15 is 0 Å². The summed E-state index contributed by atoms with van der Waals surface area (Å²) in [4.78, 5) is 20.0. The highest BCUT2D eigenvalue weighted by Crippen LogP contribution is 2.25. The van der Waals surface area contributed by atoms with Crippen LogP contribution in [0.3, 0.4) is 0 Å². The number of nitrogens with zero attached hydrogens (tertiary/aromatic N) is 3. The summed E-state index contributed by atoms with van der Waals surface area (Å²) in [7, 11) is 0. The lowest BCUT2D eigenvalue weighted by Gasteiger charge is -2.25. The van der Waals surface area contributed by atoms with Crippen molar-refractivity contribution in [3.8, 4) is 0 Å². The third-order valence-corrected chi connectivity index (χ3v) is 6.27. The van der Waals surface area contributed by atoms with Crippen LogP contribution < -0.4 is 10.2 Å². The largest absolute Gasteiger partial charge is 0.381 e. The van der Waals surface area contributed by atoms with E-state index in [1.165, 1.54) is 19.3 Å². The molecule has 0 radical (unpaired) electrons. The van der Waals surface area contributed by atoms with Crippen molar-refractivity contribution >= 4 is 22.4 Å². The topological polar surface area (TPSA) is 59.4 Å². The molecule has 0 aromatic carbocycles. The Morgan fingerprint density at radius 3 is 2.85 bits per heavy atom. The van der Waals surface area contributed by atoms with E-state index in [1.54, 1.807) is 11.3 Å². The third-order valence-electron chi connectivity index (χ3n) is 5.32. The van der Waals surface area contributed by atoms with Crippen molar-refractivity contribution in [3.63, 3.8) is 0 Å². The molecule has 2 aromatic heterocycles. The van der Waals surface area contributed by atoms with E-state index in [0.717, 1.165) is 55.5 Å². The molecule has 2 aliphatic rings. The average molecular weight is 389 g/mol. The lowest BCUT2D eigenvalue weighted by atomic mass is 10.1. The molecule has 1 amide bonds. The Kier molecular flexibility index (Phi) is 5.78. The molecule has 4 heterocycles. The molecule has 2 fully saturated rings. The number of ether oxygens (including phenoxy) is 1. The van der Waals surface area contributed by atoms with Crippen LogP contribution in [0.2, 0.25) is 0 Å². The van der Waals surface area contributed by atoms with Crippen LogP contribution in [0.5, 0.6) is 0 Å². The van der Waals surface area contributed by atoms with E-state index in [2.05, 4.69) is 15.6 Å². The maximum absolute atomic E-state index is 12.8. The number of rotatable bonds is 5. The molecule has 2 aromatic rings. The van der Waals surface area contributed by atoms with Gasteiger partial charge in [-0.15, -0.1) is 11.3 Å². The number of hydrogen-bond acceptors (Lipinski definition) is 5. The van der Waals surface area contributed by atoms with Crippen LogP contribution in [0.1, 0.15) is 53.8 Å². The van der Waals surface area contributed by atoms with Gasteiger partial charge < -0.3 is 19.5 Å². The second-order valence-electron chi connectivity index (χ2n) is 7.56. The number of anilines is 1. The Morgan fingerprint density at radius 2 is 2.07 bits per heavy atom. The first-order valence-electron chi connectivity index (χ1n) is 9.94. The Morgan fingerprint density at radius 1 is 1.30 bits per heavy atom. The van der Waals surface area contributed by atoms with E-state index in [1.807, 2.05) is 23.8 Å². The van der Waals surface area contributed by atoms with Crippen LogP contribution in [0.4, 0.5) is 5.13 Å². The van der Waals surface area contributed by atoms with Gasteiger partial charge in [0.25, 0.3) is 5.91 Å². The predicted octanol–water partition coefficient (Wildman–Crippen LogP) is 3.20. The molecule has 0 atom stereocenters. The lowest BCUT2D eigenvalue weighted by molar-refractivity contribution is 0.0692. The number of nitrogens with one attached hydrogen (secondary N) is 1. The number of aryl methyl sites for hydroxylation is 1. The first-order chi connectivity index (χ1) is 13.2. The van der Waals surface area contributed by atoms with Gasteiger partial charge in [-0.25, -0.2) is 4.98 Å². The second kappa shape index (κ2) is 8.44. The minimum atomic E-state index is 0.00137. The van der Waals surface area contributed by atoms with Gasteiger partial charge >= 0.3 is 0 Å². The smallest absolute Gasteiger partial charge is 0.268 e. The van der Waals surface area contributed by atoms with Gasteiger partial charge in [0.05, 0.1) is 12.2 Å². The molecule has 6 nitrogen and oxygen atoms in total. The fraction of sp³-hybridized carbons (Fsp3) is 0.600. The molecule has 0 unspecified atom stereocenters. The highest BCUT2D eigenvalue weighted by atomic mass is 32.1. The minimum absolute atomic E-state index is 0.00137. The molecular weight excluding hydrogens is 360 g/mol. The van der Waals surface area contributed by atoms with Crippen molar-refractivity contribution in [2.45, 2.75) is 51.6 Å². The van der Waals surface area contributed by atoms with Gasteiger partial charge in [0.15, 0.2) is 5.13 Å². The zero-order valence-electron chi connectivity index (χ0n) is 15.9. The maximum atomic E-state index is 12.8. The Labute approximate surface area is 164 Å². The van der Waals surface area contributed by atoms with Crippen LogP contribution in [-0.4, -0.2) is 47.8 Å². The van der Waals surface area contributed by atoms with E-state index in [4.69, 9.17) is 9.72 Å². The summed E-state index contributed by atoms with van der Waals surface area (Å²) < 4.78 is 7.41. The zero-order valence-corrected chi connectivity index (χ0v) is 16.8. The number of aromatic nitrogens is 2. The molecule has 2 aliphatic heterocycles. The fourth-order valence-corrected chi connectivity index (χ4v) is 4.72. The molecule has 27 heavy (non-hydrogen) atoms. The molecule has 0 aliphatic carbocycles.